The van der Waals surface area contributed by atoms with Crippen LogP contribution in [0.25, 0.3) is 11.4 Å². The van der Waals surface area contributed by atoms with E-state index >= 15 is 0 Å². The van der Waals surface area contributed by atoms with Crippen molar-refractivity contribution in [3.63, 3.8) is 0 Å². The molecule has 106 valence electrons. The number of aromatic nitrogens is 4. The summed E-state index contributed by atoms with van der Waals surface area (Å²) in [6, 6.07) is 10.9. The fraction of sp³-hybridized carbons (Fsp3) is 0.133. The Morgan fingerprint density at radius 1 is 1.19 bits per heavy atom. The largest absolute Gasteiger partial charge is 0.497 e. The molecule has 0 saturated heterocycles. The van der Waals surface area contributed by atoms with Crippen molar-refractivity contribution >= 4 is 0 Å². The maximum absolute atomic E-state index is 6.23. The lowest BCUT2D eigenvalue weighted by molar-refractivity contribution is 0.414. The SMILES string of the molecule is COc1cccc([C@@H](N)c2nc(-c3ccncc3)n[nH]2)c1. The first-order valence-corrected chi connectivity index (χ1v) is 6.50. The van der Waals surface area contributed by atoms with Crippen molar-refractivity contribution in [3.8, 4) is 17.1 Å². The van der Waals surface area contributed by atoms with Gasteiger partial charge in [0.1, 0.15) is 11.6 Å². The number of aromatic amines is 1. The van der Waals surface area contributed by atoms with Crippen molar-refractivity contribution < 1.29 is 4.74 Å². The Bertz CT molecular complexity index is 726. The highest BCUT2D eigenvalue weighted by Gasteiger charge is 2.15. The van der Waals surface area contributed by atoms with Gasteiger partial charge in [-0.1, -0.05) is 12.1 Å². The first-order valence-electron chi connectivity index (χ1n) is 6.50. The Morgan fingerprint density at radius 2 is 2.00 bits per heavy atom. The molecule has 3 N–H and O–H groups in total. The number of ether oxygens (including phenoxy) is 1. The van der Waals surface area contributed by atoms with E-state index < -0.39 is 0 Å². The number of benzene rings is 1. The number of pyridine rings is 1. The summed E-state index contributed by atoms with van der Waals surface area (Å²) in [5.74, 6) is 1.97. The molecule has 1 aromatic carbocycles. The van der Waals surface area contributed by atoms with E-state index in [2.05, 4.69) is 20.2 Å². The predicted molar refractivity (Wildman–Crippen MR) is 78.6 cm³/mol. The zero-order valence-corrected chi connectivity index (χ0v) is 11.5. The molecule has 0 aliphatic heterocycles. The van der Waals surface area contributed by atoms with E-state index in [1.165, 1.54) is 0 Å². The highest BCUT2D eigenvalue weighted by Crippen LogP contribution is 2.22. The highest BCUT2D eigenvalue weighted by molar-refractivity contribution is 5.53. The van der Waals surface area contributed by atoms with Crippen LogP contribution in [0.5, 0.6) is 5.75 Å². The Hall–Kier alpha value is -2.73. The smallest absolute Gasteiger partial charge is 0.181 e. The second-order valence-electron chi connectivity index (χ2n) is 4.53. The first-order chi connectivity index (χ1) is 10.3. The van der Waals surface area contributed by atoms with Crippen molar-refractivity contribution in [3.05, 3.63) is 60.2 Å². The summed E-state index contributed by atoms with van der Waals surface area (Å²) in [6.07, 6.45) is 3.40. The molecule has 2 aromatic heterocycles. The number of nitrogens with one attached hydrogen (secondary N) is 1. The van der Waals surface area contributed by atoms with Crippen LogP contribution in [0.4, 0.5) is 0 Å². The molecular weight excluding hydrogens is 266 g/mol. The van der Waals surface area contributed by atoms with Crippen LogP contribution >= 0.6 is 0 Å². The average molecular weight is 281 g/mol. The molecule has 0 spiro atoms. The van der Waals surface area contributed by atoms with Crippen molar-refractivity contribution in [2.45, 2.75) is 6.04 Å². The van der Waals surface area contributed by atoms with Crippen LogP contribution in [0.15, 0.2) is 48.8 Å². The standard InChI is InChI=1S/C15H15N5O/c1-21-12-4-2-3-11(9-12)13(16)15-18-14(19-20-15)10-5-7-17-8-6-10/h2-9,13H,16H2,1H3,(H,18,19,20)/t13-/m1/s1. The van der Waals surface area contributed by atoms with Gasteiger partial charge in [-0.25, -0.2) is 4.98 Å². The Balaban J connectivity index is 1.88. The van der Waals surface area contributed by atoms with E-state index in [1.807, 2.05) is 36.4 Å². The van der Waals surface area contributed by atoms with Gasteiger partial charge in [0.05, 0.1) is 13.2 Å². The summed E-state index contributed by atoms with van der Waals surface area (Å²) in [5, 5.41) is 7.09. The molecule has 0 unspecified atom stereocenters. The van der Waals surface area contributed by atoms with Gasteiger partial charge in [0.2, 0.25) is 0 Å². The maximum Gasteiger partial charge on any atom is 0.181 e. The van der Waals surface area contributed by atoms with E-state index in [1.54, 1.807) is 19.5 Å². The predicted octanol–water partition coefficient (Wildman–Crippen LogP) is 1.92. The third-order valence-electron chi connectivity index (χ3n) is 3.19. The molecule has 3 rings (SSSR count). The van der Waals surface area contributed by atoms with Crippen LogP contribution in [-0.2, 0) is 0 Å². The summed E-state index contributed by atoms with van der Waals surface area (Å²) in [4.78, 5) is 8.43. The Morgan fingerprint density at radius 3 is 2.76 bits per heavy atom. The van der Waals surface area contributed by atoms with Gasteiger partial charge in [0.15, 0.2) is 5.82 Å². The molecule has 0 fully saturated rings. The van der Waals surface area contributed by atoms with E-state index in [9.17, 15) is 0 Å². The molecule has 21 heavy (non-hydrogen) atoms. The van der Waals surface area contributed by atoms with Gasteiger partial charge in [0, 0.05) is 18.0 Å². The molecule has 6 nitrogen and oxygen atoms in total. The van der Waals surface area contributed by atoms with Crippen LogP contribution in [0.1, 0.15) is 17.4 Å². The van der Waals surface area contributed by atoms with Crippen LogP contribution in [0, 0.1) is 0 Å². The van der Waals surface area contributed by atoms with E-state index in [-0.39, 0.29) is 6.04 Å². The molecule has 0 radical (unpaired) electrons. The molecule has 0 aliphatic rings. The molecule has 0 aliphatic carbocycles. The van der Waals surface area contributed by atoms with E-state index in [4.69, 9.17) is 10.5 Å². The highest BCUT2D eigenvalue weighted by atomic mass is 16.5. The number of hydrogen-bond acceptors (Lipinski definition) is 5. The van der Waals surface area contributed by atoms with Crippen LogP contribution in [-0.4, -0.2) is 27.3 Å². The number of nitrogens with two attached hydrogens (primary N) is 1. The number of nitrogens with zero attached hydrogens (tertiary/aromatic N) is 3. The first kappa shape index (κ1) is 13.3. The van der Waals surface area contributed by atoms with Crippen molar-refractivity contribution in [2.75, 3.05) is 7.11 Å². The molecule has 1 atom stereocenters. The number of hydrogen-bond donors (Lipinski definition) is 2. The second kappa shape index (κ2) is 5.72. The zero-order chi connectivity index (χ0) is 14.7. The van der Waals surface area contributed by atoms with Gasteiger partial charge in [-0.15, -0.1) is 0 Å². The van der Waals surface area contributed by atoms with Gasteiger partial charge < -0.3 is 10.5 Å². The molecule has 0 amide bonds. The number of rotatable bonds is 4. The summed E-state index contributed by atoms with van der Waals surface area (Å²) in [5.41, 5.74) is 8.03. The lowest BCUT2D eigenvalue weighted by atomic mass is 10.1. The van der Waals surface area contributed by atoms with Gasteiger partial charge >= 0.3 is 0 Å². The third-order valence-corrected chi connectivity index (χ3v) is 3.19. The minimum Gasteiger partial charge on any atom is -0.497 e. The molecule has 2 heterocycles. The maximum atomic E-state index is 6.23. The molecular formula is C15H15N5O. The molecule has 0 bridgehead atoms. The summed E-state index contributed by atoms with van der Waals surface area (Å²) in [6.45, 7) is 0. The summed E-state index contributed by atoms with van der Waals surface area (Å²) >= 11 is 0. The lowest BCUT2D eigenvalue weighted by Crippen LogP contribution is -2.13. The van der Waals surface area contributed by atoms with Crippen molar-refractivity contribution in [1.82, 2.24) is 20.2 Å². The Labute approximate surface area is 122 Å². The second-order valence-corrected chi connectivity index (χ2v) is 4.53. The molecule has 0 saturated carbocycles. The fourth-order valence-corrected chi connectivity index (χ4v) is 2.04. The minimum absolute atomic E-state index is 0.386. The fourth-order valence-electron chi connectivity index (χ4n) is 2.04. The quantitative estimate of drug-likeness (QED) is 0.762. The summed E-state index contributed by atoms with van der Waals surface area (Å²) in [7, 11) is 1.63. The van der Waals surface area contributed by atoms with Gasteiger partial charge in [-0.3, -0.25) is 10.1 Å². The number of methoxy groups -OCH3 is 1. The van der Waals surface area contributed by atoms with E-state index in [0.29, 0.717) is 11.6 Å². The van der Waals surface area contributed by atoms with Crippen molar-refractivity contribution in [1.29, 1.82) is 0 Å². The van der Waals surface area contributed by atoms with Crippen LogP contribution in [0.3, 0.4) is 0 Å². The van der Waals surface area contributed by atoms with Gasteiger partial charge in [0.25, 0.3) is 0 Å². The number of H-pyrrole nitrogens is 1. The van der Waals surface area contributed by atoms with Crippen LogP contribution < -0.4 is 10.5 Å². The third kappa shape index (κ3) is 2.75. The zero-order valence-electron chi connectivity index (χ0n) is 11.5. The summed E-state index contributed by atoms with van der Waals surface area (Å²) < 4.78 is 5.21. The van der Waals surface area contributed by atoms with Crippen LogP contribution in [0.2, 0.25) is 0 Å². The topological polar surface area (TPSA) is 89.7 Å². The van der Waals surface area contributed by atoms with Crippen molar-refractivity contribution in [2.24, 2.45) is 5.73 Å². The molecule has 3 aromatic rings. The lowest BCUT2D eigenvalue weighted by Gasteiger charge is -2.09. The minimum atomic E-state index is -0.386. The van der Waals surface area contributed by atoms with Gasteiger partial charge in [-0.2, -0.15) is 5.10 Å². The van der Waals surface area contributed by atoms with E-state index in [0.717, 1.165) is 16.9 Å². The Kier molecular flexibility index (Phi) is 3.61. The normalized spacial score (nSPS) is 12.1. The van der Waals surface area contributed by atoms with Gasteiger partial charge in [-0.05, 0) is 29.8 Å². The molecule has 6 heteroatoms. The average Bonchev–Trinajstić information content (AvgIpc) is 3.05. The monoisotopic (exact) mass is 281 g/mol.